The summed E-state index contributed by atoms with van der Waals surface area (Å²) in [7, 11) is 0. The quantitative estimate of drug-likeness (QED) is 0.685. The van der Waals surface area contributed by atoms with E-state index in [1.54, 1.807) is 0 Å². The minimum atomic E-state index is -0.0709. The van der Waals surface area contributed by atoms with Crippen LogP contribution in [0.15, 0.2) is 0 Å². The zero-order valence-corrected chi connectivity index (χ0v) is 13.3. The van der Waals surface area contributed by atoms with Crippen molar-refractivity contribution in [3.63, 3.8) is 0 Å². The van der Waals surface area contributed by atoms with Crippen LogP contribution in [0.25, 0.3) is 0 Å². The van der Waals surface area contributed by atoms with E-state index >= 15 is 0 Å². The zero-order chi connectivity index (χ0) is 14.6. The molecule has 0 aromatic rings. The molecule has 5 atom stereocenters. The molecule has 0 aromatic heterocycles. The van der Waals surface area contributed by atoms with Crippen molar-refractivity contribution in [2.45, 2.75) is 60.7 Å². The molecule has 0 amide bonds. The number of ether oxygens (including phenoxy) is 2. The van der Waals surface area contributed by atoms with Crippen molar-refractivity contribution in [3.05, 3.63) is 0 Å². The highest BCUT2D eigenvalue weighted by Gasteiger charge is 2.58. The average Bonchev–Trinajstić information content (AvgIpc) is 2.76. The molecule has 19 heavy (non-hydrogen) atoms. The summed E-state index contributed by atoms with van der Waals surface area (Å²) < 4.78 is 11.7. The summed E-state index contributed by atoms with van der Waals surface area (Å²) in [5.74, 6) is 0.427. The second-order valence-electron chi connectivity index (χ2n) is 8.36. The Morgan fingerprint density at radius 2 is 1.74 bits per heavy atom. The first-order chi connectivity index (χ1) is 8.53. The van der Waals surface area contributed by atoms with Gasteiger partial charge in [-0.25, -0.2) is 0 Å². The number of esters is 1. The molecule has 0 aromatic carbocycles. The Kier molecular flexibility index (Phi) is 3.49. The minimum Gasteiger partial charge on any atom is -0.465 e. The van der Waals surface area contributed by atoms with Gasteiger partial charge in [-0.1, -0.05) is 48.5 Å². The summed E-state index contributed by atoms with van der Waals surface area (Å²) in [5.41, 5.74) is 0.175. The lowest BCUT2D eigenvalue weighted by molar-refractivity contribution is -0.149. The van der Waals surface area contributed by atoms with Crippen LogP contribution in [-0.4, -0.2) is 24.8 Å². The Morgan fingerprint density at radius 1 is 1.16 bits per heavy atom. The highest BCUT2D eigenvalue weighted by atomic mass is 16.6. The fourth-order valence-electron chi connectivity index (χ4n) is 3.33. The Bertz CT molecular complexity index is 361. The normalized spacial score (nSPS) is 37.1. The van der Waals surface area contributed by atoms with Gasteiger partial charge in [0, 0.05) is 5.92 Å². The number of hydrogen-bond acceptors (Lipinski definition) is 3. The van der Waals surface area contributed by atoms with E-state index in [0.717, 1.165) is 0 Å². The maximum absolute atomic E-state index is 12.1. The third kappa shape index (κ3) is 2.54. The fourth-order valence-corrected chi connectivity index (χ4v) is 3.33. The summed E-state index contributed by atoms with van der Waals surface area (Å²) in [5, 5.41) is 0. The number of rotatable bonds is 1. The first-order valence-corrected chi connectivity index (χ1v) is 7.35. The molecular formula is C16H28O3. The summed E-state index contributed by atoms with van der Waals surface area (Å²) >= 11 is 0. The third-order valence-corrected chi connectivity index (χ3v) is 4.91. The minimum absolute atomic E-state index is 0.00998. The van der Waals surface area contributed by atoms with E-state index in [0.29, 0.717) is 12.5 Å². The van der Waals surface area contributed by atoms with E-state index in [1.165, 1.54) is 0 Å². The molecule has 2 rings (SSSR count). The molecule has 0 aliphatic carbocycles. The molecule has 2 aliphatic heterocycles. The zero-order valence-electron chi connectivity index (χ0n) is 13.3. The SMILES string of the molecule is CC(C1OC(C(C)(C)C)C2COC(=O)C21)C(C)(C)C. The van der Waals surface area contributed by atoms with Gasteiger partial charge in [0.05, 0.1) is 24.7 Å². The van der Waals surface area contributed by atoms with Gasteiger partial charge in [0.25, 0.3) is 0 Å². The Labute approximate surface area is 117 Å². The first-order valence-electron chi connectivity index (χ1n) is 7.35. The van der Waals surface area contributed by atoms with Crippen LogP contribution in [0.4, 0.5) is 0 Å². The van der Waals surface area contributed by atoms with Crippen molar-refractivity contribution in [2.24, 2.45) is 28.6 Å². The molecule has 0 radical (unpaired) electrons. The van der Waals surface area contributed by atoms with E-state index in [-0.39, 0.29) is 40.8 Å². The number of fused-ring (bicyclic) bond motifs is 1. The monoisotopic (exact) mass is 268 g/mol. The fraction of sp³-hybridized carbons (Fsp3) is 0.938. The highest BCUT2D eigenvalue weighted by molar-refractivity contribution is 5.76. The summed E-state index contributed by atoms with van der Waals surface area (Å²) in [6, 6.07) is 0. The molecule has 2 fully saturated rings. The number of carbonyl (C=O) groups is 1. The van der Waals surface area contributed by atoms with Crippen LogP contribution < -0.4 is 0 Å². The van der Waals surface area contributed by atoms with Crippen LogP contribution in [0.2, 0.25) is 0 Å². The van der Waals surface area contributed by atoms with Gasteiger partial charge in [0.15, 0.2) is 0 Å². The highest BCUT2D eigenvalue weighted by Crippen LogP contribution is 2.49. The Morgan fingerprint density at radius 3 is 2.21 bits per heavy atom. The molecule has 0 bridgehead atoms. The molecule has 5 unspecified atom stereocenters. The topological polar surface area (TPSA) is 35.5 Å². The Balaban J connectivity index is 2.29. The molecular weight excluding hydrogens is 240 g/mol. The maximum atomic E-state index is 12.1. The maximum Gasteiger partial charge on any atom is 0.312 e. The average molecular weight is 268 g/mol. The van der Waals surface area contributed by atoms with Crippen LogP contribution in [0.3, 0.4) is 0 Å². The van der Waals surface area contributed by atoms with E-state index in [4.69, 9.17) is 9.47 Å². The van der Waals surface area contributed by atoms with Gasteiger partial charge in [-0.15, -0.1) is 0 Å². The van der Waals surface area contributed by atoms with Crippen molar-refractivity contribution in [3.8, 4) is 0 Å². The van der Waals surface area contributed by atoms with Gasteiger partial charge in [0.2, 0.25) is 0 Å². The van der Waals surface area contributed by atoms with E-state index in [9.17, 15) is 4.79 Å². The van der Waals surface area contributed by atoms with E-state index < -0.39 is 0 Å². The second-order valence-corrected chi connectivity index (χ2v) is 8.36. The van der Waals surface area contributed by atoms with Crippen LogP contribution in [0.1, 0.15) is 48.5 Å². The van der Waals surface area contributed by atoms with Crippen molar-refractivity contribution < 1.29 is 14.3 Å². The molecule has 2 aliphatic rings. The molecule has 2 heterocycles. The summed E-state index contributed by atoms with van der Waals surface area (Å²) in [6.45, 7) is 15.9. The largest absolute Gasteiger partial charge is 0.465 e. The van der Waals surface area contributed by atoms with Gasteiger partial charge >= 0.3 is 5.97 Å². The lowest BCUT2D eigenvalue weighted by Gasteiger charge is -2.35. The van der Waals surface area contributed by atoms with Crippen molar-refractivity contribution in [1.29, 1.82) is 0 Å². The number of hydrogen-bond donors (Lipinski definition) is 0. The van der Waals surface area contributed by atoms with Crippen molar-refractivity contribution >= 4 is 5.97 Å². The molecule has 0 saturated carbocycles. The predicted octanol–water partition coefficient (Wildman–Crippen LogP) is 3.27. The Hall–Kier alpha value is -0.570. The number of carbonyl (C=O) groups excluding carboxylic acids is 1. The van der Waals surface area contributed by atoms with Crippen molar-refractivity contribution in [2.75, 3.05) is 6.61 Å². The molecule has 2 saturated heterocycles. The lowest BCUT2D eigenvalue weighted by Crippen LogP contribution is -2.37. The van der Waals surface area contributed by atoms with E-state index in [2.05, 4.69) is 48.5 Å². The second kappa shape index (κ2) is 4.47. The summed E-state index contributed by atoms with van der Waals surface area (Å²) in [6.07, 6.45) is 0.1000. The summed E-state index contributed by atoms with van der Waals surface area (Å²) in [4.78, 5) is 12.1. The van der Waals surface area contributed by atoms with Crippen LogP contribution >= 0.6 is 0 Å². The molecule has 3 nitrogen and oxygen atoms in total. The van der Waals surface area contributed by atoms with Gasteiger partial charge in [0.1, 0.15) is 0 Å². The molecule has 0 N–H and O–H groups in total. The third-order valence-electron chi connectivity index (χ3n) is 4.91. The molecule has 110 valence electrons. The van der Waals surface area contributed by atoms with E-state index in [1.807, 2.05) is 0 Å². The standard InChI is InChI=1S/C16H28O3/c1-9(15(2,3)4)12-11-10(8-18-14(11)17)13(19-12)16(5,6)7/h9-13H,8H2,1-7H3. The predicted molar refractivity (Wildman–Crippen MR) is 74.7 cm³/mol. The lowest BCUT2D eigenvalue weighted by atomic mass is 9.72. The van der Waals surface area contributed by atoms with Crippen LogP contribution in [0, 0.1) is 28.6 Å². The van der Waals surface area contributed by atoms with Gasteiger partial charge in [-0.05, 0) is 16.7 Å². The van der Waals surface area contributed by atoms with Crippen LogP contribution in [0.5, 0.6) is 0 Å². The molecule has 3 heteroatoms. The first kappa shape index (κ1) is 14.8. The van der Waals surface area contributed by atoms with Crippen LogP contribution in [-0.2, 0) is 14.3 Å². The smallest absolute Gasteiger partial charge is 0.312 e. The number of cyclic esters (lactones) is 1. The van der Waals surface area contributed by atoms with Gasteiger partial charge < -0.3 is 9.47 Å². The van der Waals surface area contributed by atoms with Gasteiger partial charge in [-0.3, -0.25) is 4.79 Å². The van der Waals surface area contributed by atoms with Gasteiger partial charge in [-0.2, -0.15) is 0 Å². The van der Waals surface area contributed by atoms with Crippen molar-refractivity contribution in [1.82, 2.24) is 0 Å². The molecule has 0 spiro atoms.